The van der Waals surface area contributed by atoms with E-state index in [-0.39, 0.29) is 29.2 Å². The molecule has 152 valence electrons. The van der Waals surface area contributed by atoms with E-state index in [0.717, 1.165) is 44.1 Å². The van der Waals surface area contributed by atoms with Gasteiger partial charge in [-0.2, -0.15) is 0 Å². The predicted molar refractivity (Wildman–Crippen MR) is 106 cm³/mol. The molecule has 0 saturated heterocycles. The zero-order valence-electron chi connectivity index (χ0n) is 17.6. The van der Waals surface area contributed by atoms with Gasteiger partial charge in [-0.1, -0.05) is 25.0 Å². The van der Waals surface area contributed by atoms with Crippen LogP contribution in [0.15, 0.2) is 22.8 Å². The standard InChI is InChI=1S/C24H32O4/c1-14-17(10-12-28-15(2)25)21(26)13-16-5-6-18-19-7-8-22(27)23(19,3)11-9-20(18)24(14,16)4/h13,18-20H,5-12H2,1-4H3/t18-,19-,20-,23-,24-/m0/s1. The number of ether oxygens (including phenoxy) is 1. The number of Topliss-reactive ketones (excluding diaryl/α,β-unsaturated/α-hetero) is 1. The molecule has 0 spiro atoms. The van der Waals surface area contributed by atoms with Crippen molar-refractivity contribution in [2.45, 2.75) is 72.6 Å². The lowest BCUT2D eigenvalue weighted by molar-refractivity contribution is -0.141. The first-order chi connectivity index (χ1) is 13.2. The number of carbonyl (C=O) groups excluding carboxylic acids is 3. The summed E-state index contributed by atoms with van der Waals surface area (Å²) in [7, 11) is 0. The molecule has 4 aliphatic rings. The Labute approximate surface area is 167 Å². The van der Waals surface area contributed by atoms with Gasteiger partial charge in [-0.05, 0) is 62.9 Å². The highest BCUT2D eigenvalue weighted by molar-refractivity contribution is 6.06. The van der Waals surface area contributed by atoms with Gasteiger partial charge < -0.3 is 4.74 Å². The van der Waals surface area contributed by atoms with E-state index in [1.165, 1.54) is 18.1 Å². The average Bonchev–Trinajstić information content (AvgIpc) is 2.94. The number of allylic oxidation sites excluding steroid dienone is 3. The van der Waals surface area contributed by atoms with Gasteiger partial charge in [-0.25, -0.2) is 0 Å². The smallest absolute Gasteiger partial charge is 0.302 e. The van der Waals surface area contributed by atoms with Crippen LogP contribution >= 0.6 is 0 Å². The van der Waals surface area contributed by atoms with Gasteiger partial charge >= 0.3 is 5.97 Å². The van der Waals surface area contributed by atoms with Gasteiger partial charge in [0.15, 0.2) is 5.78 Å². The van der Waals surface area contributed by atoms with Crippen LogP contribution in [0.3, 0.4) is 0 Å². The Hall–Kier alpha value is -1.71. The van der Waals surface area contributed by atoms with Crippen LogP contribution in [0.25, 0.3) is 0 Å². The third kappa shape index (κ3) is 2.67. The lowest BCUT2D eigenvalue weighted by Crippen LogP contribution is -2.51. The van der Waals surface area contributed by atoms with Crippen molar-refractivity contribution >= 4 is 17.5 Å². The van der Waals surface area contributed by atoms with Crippen molar-refractivity contribution in [3.8, 4) is 0 Å². The first kappa shape index (κ1) is 19.6. The van der Waals surface area contributed by atoms with Gasteiger partial charge in [0.25, 0.3) is 0 Å². The second-order valence-corrected chi connectivity index (χ2v) is 9.76. The Morgan fingerprint density at radius 2 is 1.89 bits per heavy atom. The zero-order chi connectivity index (χ0) is 20.3. The van der Waals surface area contributed by atoms with Crippen molar-refractivity contribution in [3.05, 3.63) is 22.8 Å². The fourth-order valence-electron chi connectivity index (χ4n) is 7.09. The summed E-state index contributed by atoms with van der Waals surface area (Å²) in [6, 6.07) is 0. The van der Waals surface area contributed by atoms with Crippen LogP contribution in [0.1, 0.15) is 72.6 Å². The predicted octanol–water partition coefficient (Wildman–Crippen LogP) is 4.58. The fraction of sp³-hybridized carbons (Fsp3) is 0.708. The average molecular weight is 385 g/mol. The van der Waals surface area contributed by atoms with Crippen LogP contribution < -0.4 is 0 Å². The molecule has 4 aliphatic carbocycles. The maximum Gasteiger partial charge on any atom is 0.302 e. The van der Waals surface area contributed by atoms with Gasteiger partial charge in [-0.3, -0.25) is 14.4 Å². The second kappa shape index (κ2) is 6.67. The number of fused-ring (bicyclic) bond motifs is 5. The van der Waals surface area contributed by atoms with E-state index in [1.54, 1.807) is 0 Å². The van der Waals surface area contributed by atoms with Crippen LogP contribution in [0.4, 0.5) is 0 Å². The summed E-state index contributed by atoms with van der Waals surface area (Å²) in [5.74, 6) is 1.80. The van der Waals surface area contributed by atoms with Crippen molar-refractivity contribution in [3.63, 3.8) is 0 Å². The Bertz CT molecular complexity index is 803. The number of carbonyl (C=O) groups is 3. The third-order valence-electron chi connectivity index (χ3n) is 8.79. The summed E-state index contributed by atoms with van der Waals surface area (Å²) >= 11 is 0. The summed E-state index contributed by atoms with van der Waals surface area (Å²) in [6.45, 7) is 8.30. The monoisotopic (exact) mass is 384 g/mol. The summed E-state index contributed by atoms with van der Waals surface area (Å²) in [4.78, 5) is 36.5. The molecule has 0 aliphatic heterocycles. The van der Waals surface area contributed by atoms with E-state index in [0.29, 0.717) is 30.0 Å². The molecule has 0 aromatic carbocycles. The maximum atomic E-state index is 12.8. The first-order valence-corrected chi connectivity index (χ1v) is 10.8. The van der Waals surface area contributed by atoms with Crippen LogP contribution in [-0.2, 0) is 19.1 Å². The number of hydrogen-bond donors (Lipinski definition) is 0. The lowest BCUT2D eigenvalue weighted by Gasteiger charge is -2.57. The van der Waals surface area contributed by atoms with Crippen LogP contribution in [0.2, 0.25) is 0 Å². The normalized spacial score (nSPS) is 39.9. The van der Waals surface area contributed by atoms with E-state index >= 15 is 0 Å². The molecule has 0 unspecified atom stereocenters. The number of hydrogen-bond acceptors (Lipinski definition) is 4. The molecule has 0 bridgehead atoms. The highest BCUT2D eigenvalue weighted by Gasteiger charge is 2.59. The molecule has 0 aromatic heterocycles. The fourth-order valence-corrected chi connectivity index (χ4v) is 7.09. The molecule has 0 radical (unpaired) electrons. The van der Waals surface area contributed by atoms with E-state index in [1.807, 2.05) is 6.08 Å². The third-order valence-corrected chi connectivity index (χ3v) is 8.79. The quantitative estimate of drug-likeness (QED) is 0.669. The second-order valence-electron chi connectivity index (χ2n) is 9.76. The summed E-state index contributed by atoms with van der Waals surface area (Å²) in [6.07, 6.45) is 8.23. The number of esters is 1. The minimum absolute atomic E-state index is 0.0901. The molecule has 0 amide bonds. The van der Waals surface area contributed by atoms with Crippen LogP contribution in [-0.4, -0.2) is 24.1 Å². The topological polar surface area (TPSA) is 60.4 Å². The Kier molecular flexibility index (Phi) is 4.67. The number of ketones is 2. The van der Waals surface area contributed by atoms with Crippen molar-refractivity contribution in [2.75, 3.05) is 6.61 Å². The van der Waals surface area contributed by atoms with Crippen LogP contribution in [0, 0.1) is 28.6 Å². The summed E-state index contributed by atoms with van der Waals surface area (Å²) in [5, 5.41) is 0. The van der Waals surface area contributed by atoms with Gasteiger partial charge in [-0.15, -0.1) is 0 Å². The van der Waals surface area contributed by atoms with E-state index in [9.17, 15) is 14.4 Å². The highest BCUT2D eigenvalue weighted by atomic mass is 16.5. The zero-order valence-corrected chi connectivity index (χ0v) is 17.6. The lowest BCUT2D eigenvalue weighted by atomic mass is 9.46. The van der Waals surface area contributed by atoms with Crippen molar-refractivity contribution in [1.29, 1.82) is 0 Å². The minimum atomic E-state index is -0.306. The Balaban J connectivity index is 1.67. The van der Waals surface area contributed by atoms with Gasteiger partial charge in [0, 0.05) is 36.2 Å². The molecule has 0 aromatic rings. The molecule has 28 heavy (non-hydrogen) atoms. The summed E-state index contributed by atoms with van der Waals surface area (Å²) < 4.78 is 5.12. The molecule has 0 N–H and O–H groups in total. The van der Waals surface area contributed by atoms with Crippen LogP contribution in [0.5, 0.6) is 0 Å². The Morgan fingerprint density at radius 1 is 1.14 bits per heavy atom. The van der Waals surface area contributed by atoms with Crippen molar-refractivity contribution in [1.82, 2.24) is 0 Å². The molecule has 3 fully saturated rings. The highest BCUT2D eigenvalue weighted by Crippen LogP contribution is 2.65. The molecule has 0 heterocycles. The molecular weight excluding hydrogens is 352 g/mol. The molecule has 3 saturated carbocycles. The van der Waals surface area contributed by atoms with Gasteiger partial charge in [0.1, 0.15) is 5.78 Å². The summed E-state index contributed by atoms with van der Waals surface area (Å²) in [5.41, 5.74) is 3.04. The molecular formula is C24H32O4. The van der Waals surface area contributed by atoms with E-state index in [4.69, 9.17) is 4.74 Å². The molecule has 4 nitrogen and oxygen atoms in total. The number of rotatable bonds is 3. The van der Waals surface area contributed by atoms with E-state index < -0.39 is 0 Å². The van der Waals surface area contributed by atoms with Crippen molar-refractivity contribution < 1.29 is 19.1 Å². The van der Waals surface area contributed by atoms with Gasteiger partial charge in [0.05, 0.1) is 6.61 Å². The SMILES string of the molecule is CC(=O)OCCC1=C(C)[C@@]2(C)C(=CC1=O)CC[C@@H]1[C@@H]2CC[C@]2(C)C(=O)CC[C@@H]12. The van der Waals surface area contributed by atoms with Gasteiger partial charge in [0.2, 0.25) is 0 Å². The largest absolute Gasteiger partial charge is 0.466 e. The maximum absolute atomic E-state index is 12.8. The minimum Gasteiger partial charge on any atom is -0.466 e. The van der Waals surface area contributed by atoms with Crippen molar-refractivity contribution in [2.24, 2.45) is 28.6 Å². The first-order valence-electron chi connectivity index (χ1n) is 10.8. The molecule has 4 rings (SSSR count). The molecule has 4 heteroatoms. The van der Waals surface area contributed by atoms with E-state index in [2.05, 4.69) is 20.8 Å². The molecule has 5 atom stereocenters. The Morgan fingerprint density at radius 3 is 2.61 bits per heavy atom.